The highest BCUT2D eigenvalue weighted by Crippen LogP contribution is 2.08. The van der Waals surface area contributed by atoms with Crippen LogP contribution in [0.4, 0.5) is 4.39 Å². The van der Waals surface area contributed by atoms with Gasteiger partial charge in [-0.25, -0.2) is 4.98 Å². The number of pyridine rings is 1. The van der Waals surface area contributed by atoms with Crippen LogP contribution in [0.2, 0.25) is 0 Å². The normalized spacial score (nSPS) is 10.5. The van der Waals surface area contributed by atoms with Crippen molar-refractivity contribution in [3.05, 3.63) is 30.3 Å². The van der Waals surface area contributed by atoms with Crippen LogP contribution in [0.5, 0.6) is 0 Å². The number of rotatable bonds is 0. The van der Waals surface area contributed by atoms with Crippen LogP contribution in [0.3, 0.4) is 0 Å². The van der Waals surface area contributed by atoms with E-state index in [0.29, 0.717) is 5.65 Å². The molecule has 2 rings (SSSR count). The molecular formula is C7H5FN2. The lowest BCUT2D eigenvalue weighted by Crippen LogP contribution is -1.80. The Labute approximate surface area is 56.7 Å². The number of nitrogens with one attached hydrogen (secondary N) is 1. The third-order valence-electron chi connectivity index (χ3n) is 1.38. The Balaban J connectivity index is 2.86. The first-order valence-electron chi connectivity index (χ1n) is 2.96. The average Bonchev–Trinajstić information content (AvgIpc) is 2.33. The SMILES string of the molecule is Fc1ccc2cc[nH]c2n1. The maximum Gasteiger partial charge on any atom is 0.214 e. The number of hydrogen-bond acceptors (Lipinski definition) is 1. The largest absolute Gasteiger partial charge is 0.346 e. The number of aromatic nitrogens is 2. The van der Waals surface area contributed by atoms with Gasteiger partial charge in [0.2, 0.25) is 5.95 Å². The van der Waals surface area contributed by atoms with Crippen molar-refractivity contribution in [3.8, 4) is 0 Å². The van der Waals surface area contributed by atoms with Gasteiger partial charge in [0, 0.05) is 11.6 Å². The Hall–Kier alpha value is -1.38. The Morgan fingerprint density at radius 3 is 3.10 bits per heavy atom. The van der Waals surface area contributed by atoms with Crippen molar-refractivity contribution in [2.75, 3.05) is 0 Å². The van der Waals surface area contributed by atoms with Crippen molar-refractivity contribution < 1.29 is 4.39 Å². The van der Waals surface area contributed by atoms with Crippen LogP contribution in [0, 0.1) is 5.95 Å². The lowest BCUT2D eigenvalue weighted by molar-refractivity contribution is 0.588. The molecule has 0 saturated heterocycles. The van der Waals surface area contributed by atoms with Crippen molar-refractivity contribution in [2.24, 2.45) is 0 Å². The van der Waals surface area contributed by atoms with E-state index in [1.54, 1.807) is 12.3 Å². The minimum atomic E-state index is -0.449. The smallest absolute Gasteiger partial charge is 0.214 e. The predicted octanol–water partition coefficient (Wildman–Crippen LogP) is 1.70. The van der Waals surface area contributed by atoms with Crippen LogP contribution in [0.1, 0.15) is 0 Å². The molecule has 0 aromatic carbocycles. The number of nitrogens with zero attached hydrogens (tertiary/aromatic N) is 1. The molecule has 2 nitrogen and oxygen atoms in total. The second kappa shape index (κ2) is 1.80. The molecule has 0 spiro atoms. The zero-order valence-electron chi connectivity index (χ0n) is 5.13. The lowest BCUT2D eigenvalue weighted by Gasteiger charge is -1.86. The van der Waals surface area contributed by atoms with Gasteiger partial charge in [-0.1, -0.05) is 0 Å². The van der Waals surface area contributed by atoms with Gasteiger partial charge in [-0.05, 0) is 18.2 Å². The zero-order chi connectivity index (χ0) is 6.97. The highest BCUT2D eigenvalue weighted by Gasteiger charge is 1.95. The number of H-pyrrole nitrogens is 1. The quantitative estimate of drug-likeness (QED) is 0.548. The van der Waals surface area contributed by atoms with Gasteiger partial charge in [0.25, 0.3) is 0 Å². The predicted molar refractivity (Wildman–Crippen MR) is 36.1 cm³/mol. The Morgan fingerprint density at radius 1 is 1.30 bits per heavy atom. The van der Waals surface area contributed by atoms with Gasteiger partial charge >= 0.3 is 0 Å². The number of halogens is 1. The molecule has 0 atom stereocenters. The minimum Gasteiger partial charge on any atom is -0.346 e. The molecule has 2 aromatic rings. The monoisotopic (exact) mass is 136 g/mol. The molecule has 10 heavy (non-hydrogen) atoms. The first-order valence-corrected chi connectivity index (χ1v) is 2.96. The Kier molecular flexibility index (Phi) is 0.974. The van der Waals surface area contributed by atoms with Crippen LogP contribution in [-0.4, -0.2) is 9.97 Å². The summed E-state index contributed by atoms with van der Waals surface area (Å²) < 4.78 is 12.4. The molecule has 0 unspecified atom stereocenters. The summed E-state index contributed by atoms with van der Waals surface area (Å²) in [6.45, 7) is 0. The first-order chi connectivity index (χ1) is 4.86. The summed E-state index contributed by atoms with van der Waals surface area (Å²) in [7, 11) is 0. The molecule has 0 aliphatic carbocycles. The average molecular weight is 136 g/mol. The summed E-state index contributed by atoms with van der Waals surface area (Å²) in [6.07, 6.45) is 1.73. The Bertz CT molecular complexity index is 353. The maximum absolute atomic E-state index is 12.4. The molecule has 0 fully saturated rings. The summed E-state index contributed by atoms with van der Waals surface area (Å²) in [4.78, 5) is 6.42. The molecule has 50 valence electrons. The summed E-state index contributed by atoms with van der Waals surface area (Å²) in [5, 5.41) is 0.932. The molecule has 0 amide bonds. The van der Waals surface area contributed by atoms with Crippen LogP contribution >= 0.6 is 0 Å². The van der Waals surface area contributed by atoms with E-state index in [2.05, 4.69) is 9.97 Å². The van der Waals surface area contributed by atoms with Crippen LogP contribution in [-0.2, 0) is 0 Å². The fourth-order valence-corrected chi connectivity index (χ4v) is 0.907. The molecule has 0 radical (unpaired) electrons. The number of fused-ring (bicyclic) bond motifs is 1. The van der Waals surface area contributed by atoms with E-state index in [-0.39, 0.29) is 0 Å². The second-order valence-electron chi connectivity index (χ2n) is 2.05. The third kappa shape index (κ3) is 0.673. The van der Waals surface area contributed by atoms with Crippen molar-refractivity contribution in [3.63, 3.8) is 0 Å². The van der Waals surface area contributed by atoms with Gasteiger partial charge < -0.3 is 4.98 Å². The molecule has 2 heterocycles. The van der Waals surface area contributed by atoms with Gasteiger partial charge in [0.1, 0.15) is 5.65 Å². The highest BCUT2D eigenvalue weighted by molar-refractivity contribution is 5.74. The minimum absolute atomic E-state index is 0.449. The van der Waals surface area contributed by atoms with Gasteiger partial charge in [-0.3, -0.25) is 0 Å². The summed E-state index contributed by atoms with van der Waals surface area (Å²) in [6, 6.07) is 4.88. The number of aromatic amines is 1. The van der Waals surface area contributed by atoms with E-state index in [0.717, 1.165) is 5.39 Å². The van der Waals surface area contributed by atoms with Crippen LogP contribution in [0.15, 0.2) is 24.4 Å². The van der Waals surface area contributed by atoms with E-state index in [9.17, 15) is 4.39 Å². The molecular weight excluding hydrogens is 131 g/mol. The van der Waals surface area contributed by atoms with Crippen LogP contribution < -0.4 is 0 Å². The van der Waals surface area contributed by atoms with Gasteiger partial charge in [0.15, 0.2) is 0 Å². The summed E-state index contributed by atoms with van der Waals surface area (Å²) in [5.41, 5.74) is 0.597. The van der Waals surface area contributed by atoms with Crippen molar-refractivity contribution in [2.45, 2.75) is 0 Å². The molecule has 2 aromatic heterocycles. The lowest BCUT2D eigenvalue weighted by atomic mass is 10.3. The van der Waals surface area contributed by atoms with Crippen molar-refractivity contribution in [1.82, 2.24) is 9.97 Å². The Morgan fingerprint density at radius 2 is 2.20 bits per heavy atom. The first kappa shape index (κ1) is 5.41. The molecule has 0 aliphatic rings. The van der Waals surface area contributed by atoms with E-state index in [4.69, 9.17) is 0 Å². The topological polar surface area (TPSA) is 28.7 Å². The molecule has 3 heteroatoms. The molecule has 0 bridgehead atoms. The maximum atomic E-state index is 12.4. The molecule has 0 saturated carbocycles. The van der Waals surface area contributed by atoms with E-state index in [1.807, 2.05) is 6.07 Å². The summed E-state index contributed by atoms with van der Waals surface area (Å²) >= 11 is 0. The fourth-order valence-electron chi connectivity index (χ4n) is 0.907. The molecule has 0 aliphatic heterocycles. The standard InChI is InChI=1S/C7H5FN2/c8-6-2-1-5-3-4-9-7(5)10-6/h1-4H,(H,9,10). The highest BCUT2D eigenvalue weighted by atomic mass is 19.1. The van der Waals surface area contributed by atoms with E-state index < -0.39 is 5.95 Å². The van der Waals surface area contributed by atoms with E-state index >= 15 is 0 Å². The third-order valence-corrected chi connectivity index (χ3v) is 1.38. The number of hydrogen-bond donors (Lipinski definition) is 1. The van der Waals surface area contributed by atoms with Crippen molar-refractivity contribution in [1.29, 1.82) is 0 Å². The van der Waals surface area contributed by atoms with Gasteiger partial charge in [-0.2, -0.15) is 4.39 Å². The summed E-state index contributed by atoms with van der Waals surface area (Å²) in [5.74, 6) is -0.449. The van der Waals surface area contributed by atoms with Crippen LogP contribution in [0.25, 0.3) is 11.0 Å². The molecule has 1 N–H and O–H groups in total. The fraction of sp³-hybridized carbons (Fsp3) is 0. The zero-order valence-corrected chi connectivity index (χ0v) is 5.13. The van der Waals surface area contributed by atoms with Gasteiger partial charge in [-0.15, -0.1) is 0 Å². The van der Waals surface area contributed by atoms with Gasteiger partial charge in [0.05, 0.1) is 0 Å². The van der Waals surface area contributed by atoms with Crippen molar-refractivity contribution >= 4 is 11.0 Å². The van der Waals surface area contributed by atoms with E-state index in [1.165, 1.54) is 6.07 Å². The second-order valence-corrected chi connectivity index (χ2v) is 2.05.